The van der Waals surface area contributed by atoms with Crippen LogP contribution in [0, 0.1) is 0 Å². The summed E-state index contributed by atoms with van der Waals surface area (Å²) in [5.74, 6) is -0.619. The highest BCUT2D eigenvalue weighted by Crippen LogP contribution is 2.12. The van der Waals surface area contributed by atoms with Crippen LogP contribution in [-0.4, -0.2) is 20.0 Å². The van der Waals surface area contributed by atoms with Crippen LogP contribution in [0.15, 0.2) is 64.6 Å². The molecule has 0 aliphatic carbocycles. The van der Waals surface area contributed by atoms with E-state index in [-0.39, 0.29) is 16.8 Å². The number of nitrogens with one attached hydrogen (secondary N) is 1. The Morgan fingerprint density at radius 3 is 2.41 bits per heavy atom. The second kappa shape index (κ2) is 5.21. The summed E-state index contributed by atoms with van der Waals surface area (Å²) in [6.45, 7) is 0. The number of carbonyl (C=O) groups excluding carboxylic acids is 1. The minimum absolute atomic E-state index is 0.226. The third kappa shape index (κ3) is 2.35. The molecule has 0 fully saturated rings. The lowest BCUT2D eigenvalue weighted by Gasteiger charge is -2.09. The number of pyridine rings is 1. The molecular weight excluding hydrogens is 284 g/mol. The van der Waals surface area contributed by atoms with Gasteiger partial charge in [-0.3, -0.25) is 18.7 Å². The maximum absolute atomic E-state index is 12.0. The first-order valence-electron chi connectivity index (χ1n) is 6.45. The number of carbonyl (C=O) groups is 1. The zero-order valence-corrected chi connectivity index (χ0v) is 11.4. The molecular formula is C15H12N4O3. The molecule has 3 N–H and O–H groups in total. The topological polar surface area (TPSA) is 103 Å². The Morgan fingerprint density at radius 1 is 1.05 bits per heavy atom. The van der Waals surface area contributed by atoms with Gasteiger partial charge in [-0.1, -0.05) is 6.07 Å². The predicted octanol–water partition coefficient (Wildman–Crippen LogP) is 0.415. The second-order valence-electron chi connectivity index (χ2n) is 4.65. The Bertz CT molecular complexity index is 965. The lowest BCUT2D eigenvalue weighted by atomic mass is 10.2. The van der Waals surface area contributed by atoms with Crippen LogP contribution in [0.3, 0.4) is 0 Å². The maximum Gasteiger partial charge on any atom is 0.330 e. The molecule has 3 rings (SSSR count). The Labute approximate surface area is 124 Å². The number of H-pyrrole nitrogens is 1. The molecule has 1 amide bonds. The summed E-state index contributed by atoms with van der Waals surface area (Å²) in [7, 11) is 0. The van der Waals surface area contributed by atoms with E-state index in [1.807, 2.05) is 0 Å². The van der Waals surface area contributed by atoms with Crippen LogP contribution >= 0.6 is 0 Å². The molecule has 0 saturated carbocycles. The number of imidazole rings is 1. The van der Waals surface area contributed by atoms with E-state index in [1.54, 1.807) is 30.5 Å². The third-order valence-corrected chi connectivity index (χ3v) is 3.23. The van der Waals surface area contributed by atoms with Crippen molar-refractivity contribution in [1.82, 2.24) is 14.1 Å². The van der Waals surface area contributed by atoms with E-state index in [1.165, 1.54) is 33.7 Å². The molecule has 0 aliphatic heterocycles. The van der Waals surface area contributed by atoms with E-state index < -0.39 is 5.91 Å². The summed E-state index contributed by atoms with van der Waals surface area (Å²) in [4.78, 5) is 37.4. The van der Waals surface area contributed by atoms with Crippen molar-refractivity contribution in [2.24, 2.45) is 5.73 Å². The smallest absolute Gasteiger partial charge is 0.330 e. The van der Waals surface area contributed by atoms with Crippen molar-refractivity contribution in [3.63, 3.8) is 0 Å². The lowest BCUT2D eigenvalue weighted by molar-refractivity contribution is 0.0999. The van der Waals surface area contributed by atoms with Gasteiger partial charge in [0.25, 0.3) is 5.56 Å². The van der Waals surface area contributed by atoms with Gasteiger partial charge in [0.15, 0.2) is 0 Å². The van der Waals surface area contributed by atoms with Gasteiger partial charge in [0.1, 0.15) is 0 Å². The number of hydrogen-bond acceptors (Lipinski definition) is 3. The Hall–Kier alpha value is -3.35. The van der Waals surface area contributed by atoms with Gasteiger partial charge in [-0.2, -0.15) is 0 Å². The van der Waals surface area contributed by atoms with Crippen molar-refractivity contribution in [2.75, 3.05) is 0 Å². The van der Waals surface area contributed by atoms with Gasteiger partial charge in [0.2, 0.25) is 5.91 Å². The molecule has 0 atom stereocenters. The summed E-state index contributed by atoms with van der Waals surface area (Å²) < 4.78 is 2.72. The van der Waals surface area contributed by atoms with Gasteiger partial charge in [-0.05, 0) is 24.3 Å². The van der Waals surface area contributed by atoms with Crippen molar-refractivity contribution in [3.8, 4) is 11.4 Å². The molecule has 0 spiro atoms. The third-order valence-electron chi connectivity index (χ3n) is 3.23. The molecule has 0 aliphatic rings. The number of nitrogens with zero attached hydrogens (tertiary/aromatic N) is 2. The molecule has 1 aromatic carbocycles. The van der Waals surface area contributed by atoms with E-state index in [4.69, 9.17) is 5.73 Å². The molecule has 3 aromatic rings. The predicted molar refractivity (Wildman–Crippen MR) is 80.5 cm³/mol. The van der Waals surface area contributed by atoms with Gasteiger partial charge in [-0.25, -0.2) is 4.79 Å². The van der Waals surface area contributed by atoms with Gasteiger partial charge < -0.3 is 10.7 Å². The number of aromatic amines is 1. The Morgan fingerprint density at radius 2 is 1.77 bits per heavy atom. The standard InChI is InChI=1S/C15H12N4O3/c16-14(21)10-4-5-13(20)19(9-10)12-3-1-2-11(8-12)18-7-6-17-15(18)22/h1-9H,(H2,16,21)(H,17,22). The summed E-state index contributed by atoms with van der Waals surface area (Å²) >= 11 is 0. The van der Waals surface area contributed by atoms with E-state index >= 15 is 0 Å². The van der Waals surface area contributed by atoms with Crippen molar-refractivity contribution >= 4 is 5.91 Å². The van der Waals surface area contributed by atoms with Crippen LogP contribution in [0.25, 0.3) is 11.4 Å². The van der Waals surface area contributed by atoms with Crippen LogP contribution in [0.4, 0.5) is 0 Å². The number of aromatic nitrogens is 3. The number of benzene rings is 1. The van der Waals surface area contributed by atoms with Crippen molar-refractivity contribution < 1.29 is 4.79 Å². The highest BCUT2D eigenvalue weighted by Gasteiger charge is 2.07. The molecule has 0 radical (unpaired) electrons. The molecule has 22 heavy (non-hydrogen) atoms. The molecule has 2 heterocycles. The monoisotopic (exact) mass is 296 g/mol. The SMILES string of the molecule is NC(=O)c1ccc(=O)n(-c2cccc(-n3cc[nH]c3=O)c2)c1. The zero-order chi connectivity index (χ0) is 15.7. The van der Waals surface area contributed by atoms with E-state index in [9.17, 15) is 14.4 Å². The molecule has 110 valence electrons. The second-order valence-corrected chi connectivity index (χ2v) is 4.65. The largest absolute Gasteiger partial charge is 0.366 e. The van der Waals surface area contributed by atoms with Gasteiger partial charge in [0.05, 0.1) is 16.9 Å². The van der Waals surface area contributed by atoms with E-state index in [0.717, 1.165) is 0 Å². The minimum Gasteiger partial charge on any atom is -0.366 e. The maximum atomic E-state index is 12.0. The fourth-order valence-corrected chi connectivity index (χ4v) is 2.15. The number of nitrogens with two attached hydrogens (primary N) is 1. The lowest BCUT2D eigenvalue weighted by Crippen LogP contribution is -2.21. The molecule has 0 bridgehead atoms. The summed E-state index contributed by atoms with van der Waals surface area (Å²) in [6, 6.07) is 9.47. The van der Waals surface area contributed by atoms with Gasteiger partial charge in [0, 0.05) is 24.7 Å². The zero-order valence-electron chi connectivity index (χ0n) is 11.4. The van der Waals surface area contributed by atoms with Gasteiger partial charge >= 0.3 is 5.69 Å². The highest BCUT2D eigenvalue weighted by atomic mass is 16.1. The molecule has 0 unspecified atom stereocenters. The highest BCUT2D eigenvalue weighted by molar-refractivity contribution is 5.92. The fourth-order valence-electron chi connectivity index (χ4n) is 2.15. The number of hydrogen-bond donors (Lipinski definition) is 2. The summed E-state index contributed by atoms with van der Waals surface area (Å²) in [6.07, 6.45) is 4.49. The minimum atomic E-state index is -0.619. The first-order chi connectivity index (χ1) is 10.6. The quantitative estimate of drug-likeness (QED) is 0.731. The average Bonchev–Trinajstić information content (AvgIpc) is 2.94. The molecule has 0 saturated heterocycles. The van der Waals surface area contributed by atoms with Crippen LogP contribution in [-0.2, 0) is 0 Å². The fraction of sp³-hybridized carbons (Fsp3) is 0. The molecule has 2 aromatic heterocycles. The summed E-state index contributed by atoms with van der Waals surface area (Å²) in [5, 5.41) is 0. The van der Waals surface area contributed by atoms with Crippen molar-refractivity contribution in [3.05, 3.63) is 81.4 Å². The van der Waals surface area contributed by atoms with E-state index in [0.29, 0.717) is 11.4 Å². The van der Waals surface area contributed by atoms with Crippen LogP contribution < -0.4 is 17.0 Å². The Balaban J connectivity index is 2.16. The van der Waals surface area contributed by atoms with Crippen LogP contribution in [0.1, 0.15) is 10.4 Å². The average molecular weight is 296 g/mol. The molecule has 7 heteroatoms. The van der Waals surface area contributed by atoms with Gasteiger partial charge in [-0.15, -0.1) is 0 Å². The number of primary amides is 1. The first kappa shape index (κ1) is 13.6. The van der Waals surface area contributed by atoms with Crippen molar-refractivity contribution in [1.29, 1.82) is 0 Å². The van der Waals surface area contributed by atoms with Crippen LogP contribution in [0.5, 0.6) is 0 Å². The number of amides is 1. The Kier molecular flexibility index (Phi) is 3.23. The first-order valence-corrected chi connectivity index (χ1v) is 6.45. The summed E-state index contributed by atoms with van der Waals surface area (Å²) in [5.41, 5.74) is 6.00. The normalized spacial score (nSPS) is 10.5. The van der Waals surface area contributed by atoms with Crippen LogP contribution in [0.2, 0.25) is 0 Å². The number of rotatable bonds is 3. The van der Waals surface area contributed by atoms with E-state index in [2.05, 4.69) is 4.98 Å². The molecule has 7 nitrogen and oxygen atoms in total. The van der Waals surface area contributed by atoms with Crippen molar-refractivity contribution in [2.45, 2.75) is 0 Å².